The van der Waals surface area contributed by atoms with Crippen LogP contribution >= 0.6 is 0 Å². The Morgan fingerprint density at radius 1 is 1.31 bits per heavy atom. The van der Waals surface area contributed by atoms with Gasteiger partial charge in [-0.15, -0.1) is 0 Å². The first kappa shape index (κ1) is 10.8. The first-order valence-corrected chi connectivity index (χ1v) is 5.20. The molecule has 0 bridgehead atoms. The number of piperazine rings is 1. The maximum atomic E-state index is 10.7. The molecule has 0 amide bonds. The van der Waals surface area contributed by atoms with Crippen LogP contribution in [0.4, 0.5) is 5.69 Å². The van der Waals surface area contributed by atoms with Crippen molar-refractivity contribution in [3.8, 4) is 5.75 Å². The summed E-state index contributed by atoms with van der Waals surface area (Å²) in [5, 5.41) is 21.8. The molecule has 5 heteroatoms. The van der Waals surface area contributed by atoms with Crippen molar-refractivity contribution in [3.63, 3.8) is 0 Å². The molecule has 1 aliphatic rings. The Morgan fingerprint density at radius 3 is 2.56 bits per heavy atom. The average Bonchev–Trinajstić information content (AvgIpc) is 2.30. The zero-order valence-corrected chi connectivity index (χ0v) is 8.81. The van der Waals surface area contributed by atoms with E-state index in [0.717, 1.165) is 26.2 Å². The molecule has 1 aromatic rings. The Kier molecular flexibility index (Phi) is 2.96. The maximum Gasteiger partial charge on any atom is 0.335 e. The SMILES string of the molecule is O=C(O)c1ccc(N2CCNCC2)c(O)c1. The fourth-order valence-corrected chi connectivity index (χ4v) is 1.83. The third-order valence-corrected chi connectivity index (χ3v) is 2.68. The van der Waals surface area contributed by atoms with E-state index in [1.54, 1.807) is 6.07 Å². The number of phenolic OH excluding ortho intramolecular Hbond substituents is 1. The van der Waals surface area contributed by atoms with Crippen molar-refractivity contribution >= 4 is 11.7 Å². The zero-order chi connectivity index (χ0) is 11.5. The van der Waals surface area contributed by atoms with Gasteiger partial charge in [0.05, 0.1) is 11.3 Å². The minimum absolute atomic E-state index is 0.0294. The molecule has 0 radical (unpaired) electrons. The molecule has 1 aromatic carbocycles. The van der Waals surface area contributed by atoms with Crippen molar-refractivity contribution in [1.29, 1.82) is 0 Å². The number of anilines is 1. The number of aromatic hydroxyl groups is 1. The third-order valence-electron chi connectivity index (χ3n) is 2.68. The predicted molar refractivity (Wildman–Crippen MR) is 60.1 cm³/mol. The highest BCUT2D eigenvalue weighted by Gasteiger charge is 2.15. The van der Waals surface area contributed by atoms with Gasteiger partial charge in [-0.05, 0) is 18.2 Å². The molecule has 1 aliphatic heterocycles. The molecule has 86 valence electrons. The number of nitrogens with zero attached hydrogens (tertiary/aromatic N) is 1. The van der Waals surface area contributed by atoms with Gasteiger partial charge in [-0.25, -0.2) is 4.79 Å². The van der Waals surface area contributed by atoms with Crippen LogP contribution in [0.2, 0.25) is 0 Å². The van der Waals surface area contributed by atoms with Gasteiger partial charge in [-0.2, -0.15) is 0 Å². The quantitative estimate of drug-likeness (QED) is 0.679. The first-order valence-electron chi connectivity index (χ1n) is 5.20. The van der Waals surface area contributed by atoms with Crippen LogP contribution in [0.15, 0.2) is 18.2 Å². The minimum atomic E-state index is -1.03. The summed E-state index contributed by atoms with van der Waals surface area (Å²) in [5.41, 5.74) is 0.808. The summed E-state index contributed by atoms with van der Waals surface area (Å²) >= 11 is 0. The second-order valence-electron chi connectivity index (χ2n) is 3.75. The van der Waals surface area contributed by atoms with E-state index >= 15 is 0 Å². The standard InChI is InChI=1S/C11H14N2O3/c14-10-7-8(11(15)16)1-2-9(10)13-5-3-12-4-6-13/h1-2,7,12,14H,3-6H2,(H,15,16). The Balaban J connectivity index is 2.24. The van der Waals surface area contributed by atoms with Crippen molar-refractivity contribution in [2.24, 2.45) is 0 Å². The van der Waals surface area contributed by atoms with Crippen LogP contribution in [0.3, 0.4) is 0 Å². The first-order chi connectivity index (χ1) is 7.68. The lowest BCUT2D eigenvalue weighted by molar-refractivity contribution is 0.0696. The Labute approximate surface area is 93.3 Å². The van der Waals surface area contributed by atoms with Crippen LogP contribution in [0.25, 0.3) is 0 Å². The van der Waals surface area contributed by atoms with Crippen LogP contribution in [0, 0.1) is 0 Å². The third kappa shape index (κ3) is 2.09. The number of phenols is 1. The number of carboxylic acids is 1. The van der Waals surface area contributed by atoms with Crippen LogP contribution in [0.1, 0.15) is 10.4 Å². The summed E-state index contributed by atoms with van der Waals surface area (Å²) in [6, 6.07) is 4.46. The molecule has 1 heterocycles. The molecule has 0 aliphatic carbocycles. The van der Waals surface area contributed by atoms with Crippen LogP contribution < -0.4 is 10.2 Å². The lowest BCUT2D eigenvalue weighted by Crippen LogP contribution is -2.43. The van der Waals surface area contributed by atoms with E-state index in [1.807, 2.05) is 4.90 Å². The molecule has 0 spiro atoms. The van der Waals surface area contributed by atoms with Gasteiger partial charge in [0.1, 0.15) is 5.75 Å². The van der Waals surface area contributed by atoms with Crippen molar-refractivity contribution in [3.05, 3.63) is 23.8 Å². The van der Waals surface area contributed by atoms with Gasteiger partial charge in [-0.1, -0.05) is 0 Å². The number of hydrogen-bond acceptors (Lipinski definition) is 4. The highest BCUT2D eigenvalue weighted by molar-refractivity contribution is 5.89. The van der Waals surface area contributed by atoms with Gasteiger partial charge in [0.2, 0.25) is 0 Å². The van der Waals surface area contributed by atoms with Crippen LogP contribution in [0.5, 0.6) is 5.75 Å². The van der Waals surface area contributed by atoms with Crippen molar-refractivity contribution in [2.45, 2.75) is 0 Å². The van der Waals surface area contributed by atoms with Crippen LogP contribution in [-0.4, -0.2) is 42.4 Å². The molecule has 0 atom stereocenters. The molecular formula is C11H14N2O3. The second kappa shape index (κ2) is 4.40. The molecule has 5 nitrogen and oxygen atoms in total. The number of benzene rings is 1. The monoisotopic (exact) mass is 222 g/mol. The van der Waals surface area contributed by atoms with Gasteiger partial charge in [0, 0.05) is 26.2 Å². The topological polar surface area (TPSA) is 72.8 Å². The summed E-state index contributed by atoms with van der Waals surface area (Å²) < 4.78 is 0. The molecule has 1 saturated heterocycles. The smallest absolute Gasteiger partial charge is 0.335 e. The number of hydrogen-bond donors (Lipinski definition) is 3. The van der Waals surface area contributed by atoms with Gasteiger partial charge in [-0.3, -0.25) is 0 Å². The lowest BCUT2D eigenvalue weighted by atomic mass is 10.1. The fraction of sp³-hybridized carbons (Fsp3) is 0.364. The normalized spacial score (nSPS) is 16.1. The molecule has 1 fully saturated rings. The summed E-state index contributed by atoms with van der Waals surface area (Å²) in [7, 11) is 0. The van der Waals surface area contributed by atoms with E-state index in [0.29, 0.717) is 5.69 Å². The number of aromatic carboxylic acids is 1. The highest BCUT2D eigenvalue weighted by atomic mass is 16.4. The molecular weight excluding hydrogens is 208 g/mol. The number of rotatable bonds is 2. The maximum absolute atomic E-state index is 10.7. The summed E-state index contributed by atoms with van der Waals surface area (Å²) in [4.78, 5) is 12.7. The largest absolute Gasteiger partial charge is 0.506 e. The molecule has 2 rings (SSSR count). The van der Waals surface area contributed by atoms with E-state index in [1.165, 1.54) is 12.1 Å². The van der Waals surface area contributed by atoms with Gasteiger partial charge < -0.3 is 20.4 Å². The number of carbonyl (C=O) groups is 1. The predicted octanol–water partition coefficient (Wildman–Crippen LogP) is 0.500. The molecule has 0 aromatic heterocycles. The molecule has 3 N–H and O–H groups in total. The van der Waals surface area contributed by atoms with E-state index in [-0.39, 0.29) is 11.3 Å². The van der Waals surface area contributed by atoms with Crippen molar-refractivity contribution in [1.82, 2.24) is 5.32 Å². The van der Waals surface area contributed by atoms with E-state index in [9.17, 15) is 9.90 Å². The Hall–Kier alpha value is -1.75. The summed E-state index contributed by atoms with van der Waals surface area (Å²) in [6.45, 7) is 3.39. The van der Waals surface area contributed by atoms with E-state index < -0.39 is 5.97 Å². The number of carboxylic acid groups (broad SMARTS) is 1. The highest BCUT2D eigenvalue weighted by Crippen LogP contribution is 2.28. The molecule has 0 unspecified atom stereocenters. The minimum Gasteiger partial charge on any atom is -0.506 e. The van der Waals surface area contributed by atoms with Crippen LogP contribution in [-0.2, 0) is 0 Å². The molecule has 16 heavy (non-hydrogen) atoms. The van der Waals surface area contributed by atoms with E-state index in [2.05, 4.69) is 5.32 Å². The summed E-state index contributed by atoms with van der Waals surface area (Å²) in [5.74, 6) is -0.996. The zero-order valence-electron chi connectivity index (χ0n) is 8.81. The van der Waals surface area contributed by atoms with Gasteiger partial charge in [0.25, 0.3) is 0 Å². The van der Waals surface area contributed by atoms with Crippen molar-refractivity contribution < 1.29 is 15.0 Å². The molecule has 0 saturated carbocycles. The van der Waals surface area contributed by atoms with Gasteiger partial charge in [0.15, 0.2) is 0 Å². The lowest BCUT2D eigenvalue weighted by Gasteiger charge is -2.29. The van der Waals surface area contributed by atoms with Crippen molar-refractivity contribution in [2.75, 3.05) is 31.1 Å². The van der Waals surface area contributed by atoms with Gasteiger partial charge >= 0.3 is 5.97 Å². The average molecular weight is 222 g/mol. The number of nitrogens with one attached hydrogen (secondary N) is 1. The summed E-state index contributed by atoms with van der Waals surface area (Å²) in [6.07, 6.45) is 0. The Morgan fingerprint density at radius 2 is 2.00 bits per heavy atom. The fourth-order valence-electron chi connectivity index (χ4n) is 1.83. The second-order valence-corrected chi connectivity index (χ2v) is 3.75. The Bertz CT molecular complexity index is 400. The van der Waals surface area contributed by atoms with E-state index in [4.69, 9.17) is 5.11 Å².